The molecule has 5 rings (SSSR count). The van der Waals surface area contributed by atoms with Crippen molar-refractivity contribution in [2.75, 3.05) is 19.5 Å². The van der Waals surface area contributed by atoms with Crippen molar-refractivity contribution in [1.82, 2.24) is 19.9 Å². The molecule has 0 bridgehead atoms. The van der Waals surface area contributed by atoms with Crippen molar-refractivity contribution in [1.29, 1.82) is 0 Å². The number of ether oxygens (including phenoxy) is 2. The van der Waals surface area contributed by atoms with Gasteiger partial charge in [0.25, 0.3) is 0 Å². The highest BCUT2D eigenvalue weighted by atomic mass is 32.2. The van der Waals surface area contributed by atoms with Gasteiger partial charge in [-0.1, -0.05) is 11.8 Å². The second kappa shape index (κ2) is 9.65. The lowest BCUT2D eigenvalue weighted by Gasteiger charge is -2.15. The zero-order valence-electron chi connectivity index (χ0n) is 18.3. The Kier molecular flexibility index (Phi) is 6.28. The van der Waals surface area contributed by atoms with Crippen molar-refractivity contribution in [3.63, 3.8) is 0 Å². The first-order valence-electron chi connectivity index (χ1n) is 10.4. The van der Waals surface area contributed by atoms with Gasteiger partial charge in [0.2, 0.25) is 5.16 Å². The molecule has 1 aliphatic rings. The molecule has 0 spiro atoms. The number of hydrogen-bond acceptors (Lipinski definition) is 10. The Hall–Kier alpha value is -3.70. The number of hydrogen-bond donors (Lipinski definition) is 0. The largest absolute Gasteiger partial charge is 0.497 e. The lowest BCUT2D eigenvalue weighted by molar-refractivity contribution is -0.137. The third-order valence-corrected chi connectivity index (χ3v) is 6.68. The van der Waals surface area contributed by atoms with Gasteiger partial charge in [0.05, 0.1) is 37.0 Å². The monoisotopic (exact) mass is 493 g/mol. The maximum atomic E-state index is 12.9. The molecule has 0 saturated heterocycles. The summed E-state index contributed by atoms with van der Waals surface area (Å²) in [6, 6.07) is 11.1. The summed E-state index contributed by atoms with van der Waals surface area (Å²) in [6.07, 6.45) is 3.30. The summed E-state index contributed by atoms with van der Waals surface area (Å²) in [6.45, 7) is 2.02. The first-order chi connectivity index (χ1) is 16.7. The van der Waals surface area contributed by atoms with E-state index in [1.165, 1.54) is 23.1 Å². The summed E-state index contributed by atoms with van der Waals surface area (Å²) in [4.78, 5) is 17.5. The van der Waals surface area contributed by atoms with Crippen molar-refractivity contribution in [2.24, 2.45) is 5.10 Å². The van der Waals surface area contributed by atoms with Crippen molar-refractivity contribution < 1.29 is 18.7 Å². The van der Waals surface area contributed by atoms with E-state index in [0.717, 1.165) is 16.3 Å². The van der Waals surface area contributed by atoms with Crippen LogP contribution in [0.25, 0.3) is 28.2 Å². The fourth-order valence-electron chi connectivity index (χ4n) is 3.26. The predicted octanol–water partition coefficient (Wildman–Crippen LogP) is 4.63. The number of aromatic nitrogens is 4. The first kappa shape index (κ1) is 22.1. The van der Waals surface area contributed by atoms with E-state index in [1.54, 1.807) is 37.1 Å². The Morgan fingerprint density at radius 2 is 2.09 bits per heavy atom. The van der Waals surface area contributed by atoms with Crippen LogP contribution in [0.2, 0.25) is 0 Å². The number of rotatable bonds is 7. The molecule has 0 atom stereocenters. The number of carbonyl (C=O) groups excluding carboxylic acids is 1. The maximum absolute atomic E-state index is 12.9. The lowest BCUT2D eigenvalue weighted by atomic mass is 10.1. The normalized spacial score (nSPS) is 13.4. The highest BCUT2D eigenvalue weighted by Gasteiger charge is 2.26. The zero-order chi connectivity index (χ0) is 23.5. The third-order valence-electron chi connectivity index (χ3n) is 4.87. The van der Waals surface area contributed by atoms with Gasteiger partial charge < -0.3 is 13.9 Å². The lowest BCUT2D eigenvalue weighted by Crippen LogP contribution is -2.21. The molecule has 0 saturated carbocycles. The summed E-state index contributed by atoms with van der Waals surface area (Å²) in [5, 5.41) is 16.5. The first-order valence-corrected chi connectivity index (χ1v) is 12.2. The topological polar surface area (TPSA) is 105 Å². The Morgan fingerprint density at radius 1 is 1.24 bits per heavy atom. The molecule has 11 heteroatoms. The minimum atomic E-state index is -0.461. The number of thioether (sulfide) groups is 1. The number of benzene rings is 1. The van der Waals surface area contributed by atoms with Crippen molar-refractivity contribution in [3.05, 3.63) is 59.3 Å². The van der Waals surface area contributed by atoms with Gasteiger partial charge in [-0.15, -0.1) is 21.5 Å². The fraction of sp³-hybridized carbons (Fsp3) is 0.174. The van der Waals surface area contributed by atoms with Crippen LogP contribution in [0.5, 0.6) is 5.75 Å². The number of nitrogens with zero attached hydrogens (tertiary/aromatic N) is 5. The van der Waals surface area contributed by atoms with Crippen LogP contribution in [0.3, 0.4) is 0 Å². The Morgan fingerprint density at radius 3 is 2.82 bits per heavy atom. The minimum absolute atomic E-state index is 0.250. The Balaban J connectivity index is 1.53. The van der Waals surface area contributed by atoms with E-state index in [1.807, 2.05) is 35.7 Å². The van der Waals surface area contributed by atoms with Gasteiger partial charge in [0, 0.05) is 16.7 Å². The molecule has 3 aromatic heterocycles. The average molecular weight is 494 g/mol. The molecule has 1 aliphatic heterocycles. The van der Waals surface area contributed by atoms with Crippen LogP contribution in [0, 0.1) is 0 Å². The number of carbonyl (C=O) groups is 1. The number of furan rings is 1. The van der Waals surface area contributed by atoms with Gasteiger partial charge >= 0.3 is 5.97 Å². The maximum Gasteiger partial charge on any atom is 0.340 e. The van der Waals surface area contributed by atoms with Gasteiger partial charge in [-0.05, 0) is 49.4 Å². The van der Waals surface area contributed by atoms with Gasteiger partial charge in [-0.25, -0.2) is 9.78 Å². The Labute approximate surface area is 203 Å². The van der Waals surface area contributed by atoms with Crippen LogP contribution in [0.1, 0.15) is 12.6 Å². The number of fused-ring (bicyclic) bond motifs is 1. The SMILES string of the molecule is CCOC(=O)/C(=C/c1csc(-c2ccco2)n1)C1=Nn2c(nnc2-c2ccc(OC)cc2)SC1. The second-order valence-electron chi connectivity index (χ2n) is 7.02. The van der Waals surface area contributed by atoms with E-state index in [0.29, 0.717) is 39.5 Å². The molecule has 0 amide bonds. The number of esters is 1. The summed E-state index contributed by atoms with van der Waals surface area (Å²) < 4.78 is 17.6. The molecule has 0 fully saturated rings. The van der Waals surface area contributed by atoms with Crippen LogP contribution in [0.4, 0.5) is 0 Å². The molecule has 0 aliphatic carbocycles. The number of methoxy groups -OCH3 is 1. The summed E-state index contributed by atoms with van der Waals surface area (Å²) in [5.41, 5.74) is 2.34. The molecule has 9 nitrogen and oxygen atoms in total. The van der Waals surface area contributed by atoms with E-state index >= 15 is 0 Å². The highest BCUT2D eigenvalue weighted by molar-refractivity contribution is 7.99. The molecule has 1 aromatic carbocycles. The van der Waals surface area contributed by atoms with Gasteiger partial charge in [0.15, 0.2) is 16.6 Å². The molecule has 4 heterocycles. The second-order valence-corrected chi connectivity index (χ2v) is 8.82. The molecule has 172 valence electrons. The molecule has 4 aromatic rings. The molecule has 0 unspecified atom stereocenters. The van der Waals surface area contributed by atoms with E-state index in [-0.39, 0.29) is 6.61 Å². The smallest absolute Gasteiger partial charge is 0.340 e. The van der Waals surface area contributed by atoms with E-state index in [2.05, 4.69) is 15.2 Å². The number of thiazole rings is 1. The summed E-state index contributed by atoms with van der Waals surface area (Å²) in [5.74, 6) is 1.97. The van der Waals surface area contributed by atoms with E-state index in [4.69, 9.17) is 19.0 Å². The molecular weight excluding hydrogens is 474 g/mol. The van der Waals surface area contributed by atoms with Gasteiger partial charge in [-0.3, -0.25) is 0 Å². The Bertz CT molecular complexity index is 1370. The third kappa shape index (κ3) is 4.39. The molecule has 0 N–H and O–H groups in total. The summed E-state index contributed by atoms with van der Waals surface area (Å²) >= 11 is 2.88. The average Bonchev–Trinajstić information content (AvgIpc) is 3.63. The zero-order valence-corrected chi connectivity index (χ0v) is 19.9. The van der Waals surface area contributed by atoms with Crippen molar-refractivity contribution in [3.8, 4) is 27.9 Å². The molecule has 0 radical (unpaired) electrons. The van der Waals surface area contributed by atoms with Crippen LogP contribution in [0.15, 0.2) is 68.3 Å². The molecular formula is C23H19N5O4S2. The van der Waals surface area contributed by atoms with Crippen LogP contribution >= 0.6 is 23.1 Å². The van der Waals surface area contributed by atoms with Crippen LogP contribution in [-0.2, 0) is 9.53 Å². The van der Waals surface area contributed by atoms with Gasteiger partial charge in [-0.2, -0.15) is 9.78 Å². The standard InChI is InChI=1S/C23H19N5O4S2/c1-3-31-22(29)17(11-15-12-33-21(24-15)19-5-4-10-32-19)18-13-34-23-26-25-20(28(23)27-18)14-6-8-16(30-2)9-7-14/h4-12H,3,13H2,1-2H3/b17-11+. The summed E-state index contributed by atoms with van der Waals surface area (Å²) in [7, 11) is 1.62. The minimum Gasteiger partial charge on any atom is -0.497 e. The van der Waals surface area contributed by atoms with E-state index < -0.39 is 5.97 Å². The fourth-order valence-corrected chi connectivity index (χ4v) is 4.83. The van der Waals surface area contributed by atoms with Crippen molar-refractivity contribution >= 4 is 40.9 Å². The van der Waals surface area contributed by atoms with Crippen molar-refractivity contribution in [2.45, 2.75) is 12.1 Å². The predicted molar refractivity (Wildman–Crippen MR) is 130 cm³/mol. The van der Waals surface area contributed by atoms with E-state index in [9.17, 15) is 4.79 Å². The highest BCUT2D eigenvalue weighted by Crippen LogP contribution is 2.30. The quantitative estimate of drug-likeness (QED) is 0.271. The van der Waals surface area contributed by atoms with Crippen LogP contribution in [-0.4, -0.2) is 51.0 Å². The van der Waals surface area contributed by atoms with Gasteiger partial charge in [0.1, 0.15) is 5.75 Å². The molecule has 34 heavy (non-hydrogen) atoms. The van der Waals surface area contributed by atoms with Crippen LogP contribution < -0.4 is 4.74 Å².